The summed E-state index contributed by atoms with van der Waals surface area (Å²) in [6, 6.07) is 0. The molecule has 0 saturated heterocycles. The van der Waals surface area contributed by atoms with Gasteiger partial charge in [-0.25, -0.2) is 0 Å². The molecule has 310 valence electrons. The van der Waals surface area contributed by atoms with Crippen molar-refractivity contribution in [2.24, 2.45) is 0 Å². The van der Waals surface area contributed by atoms with Gasteiger partial charge in [-0.3, -0.25) is 9.59 Å². The van der Waals surface area contributed by atoms with Crippen molar-refractivity contribution in [3.05, 3.63) is 0 Å². The number of hydrogen-bond donors (Lipinski definition) is 0. The minimum atomic E-state index is -0.0687. The molecule has 0 aromatic carbocycles. The molecule has 0 saturated carbocycles. The molecule has 0 atom stereocenters. The van der Waals surface area contributed by atoms with Crippen LogP contribution in [0.3, 0.4) is 0 Å². The molecule has 0 spiro atoms. The minimum absolute atomic E-state index is 0.0450. The molecule has 0 heterocycles. The Morgan fingerprint density at radius 1 is 0.385 bits per heavy atom. The first-order valence-electron chi connectivity index (χ1n) is 23.1. The van der Waals surface area contributed by atoms with Crippen molar-refractivity contribution in [3.63, 3.8) is 0 Å². The summed E-state index contributed by atoms with van der Waals surface area (Å²) in [5.74, 6) is -0.137. The molecule has 0 radical (unpaired) electrons. The van der Waals surface area contributed by atoms with Crippen LogP contribution in [-0.4, -0.2) is 74.2 Å². The number of ether oxygens (including phenoxy) is 2. The van der Waals surface area contributed by atoms with Gasteiger partial charge in [-0.05, 0) is 91.4 Å². The standard InChI is InChI=1S/C46H92N2O4/c1-7-11-15-19-23-27-33-43(34-28-24-20-16-12-8-2)51-45(49)37-41-48(40-32-31-39-47(5)6)42-38-46(50)52-44(35-29-25-21-17-13-9-3)36-30-26-22-18-14-10-4/h43-44H,7-42H2,1-6H3. The van der Waals surface area contributed by atoms with E-state index in [4.69, 9.17) is 9.47 Å². The summed E-state index contributed by atoms with van der Waals surface area (Å²) in [6.07, 6.45) is 37.3. The molecule has 0 aromatic rings. The quantitative estimate of drug-likeness (QED) is 0.0460. The molecule has 0 aromatic heterocycles. The number of carbonyl (C=O) groups is 2. The van der Waals surface area contributed by atoms with Gasteiger partial charge >= 0.3 is 11.9 Å². The molecule has 0 aliphatic carbocycles. The monoisotopic (exact) mass is 737 g/mol. The second-order valence-corrected chi connectivity index (χ2v) is 16.3. The van der Waals surface area contributed by atoms with Gasteiger partial charge in [-0.15, -0.1) is 0 Å². The van der Waals surface area contributed by atoms with E-state index in [0.717, 1.165) is 77.3 Å². The zero-order chi connectivity index (χ0) is 38.3. The van der Waals surface area contributed by atoms with Crippen LogP contribution in [0.2, 0.25) is 0 Å². The molecule has 6 nitrogen and oxygen atoms in total. The highest BCUT2D eigenvalue weighted by Crippen LogP contribution is 2.19. The molecule has 52 heavy (non-hydrogen) atoms. The Labute approximate surface area is 325 Å². The topological polar surface area (TPSA) is 59.1 Å². The smallest absolute Gasteiger partial charge is 0.307 e. The summed E-state index contributed by atoms with van der Waals surface area (Å²) < 4.78 is 12.3. The van der Waals surface area contributed by atoms with Gasteiger partial charge in [0.25, 0.3) is 0 Å². The van der Waals surface area contributed by atoms with Crippen molar-refractivity contribution < 1.29 is 19.1 Å². The summed E-state index contributed by atoms with van der Waals surface area (Å²) in [4.78, 5) is 31.0. The van der Waals surface area contributed by atoms with Crippen LogP contribution < -0.4 is 0 Å². The van der Waals surface area contributed by atoms with Crippen LogP contribution in [0.15, 0.2) is 0 Å². The molecule has 0 fully saturated rings. The average Bonchev–Trinajstić information content (AvgIpc) is 3.12. The van der Waals surface area contributed by atoms with Crippen molar-refractivity contribution in [2.75, 3.05) is 40.3 Å². The highest BCUT2D eigenvalue weighted by atomic mass is 16.5. The first-order chi connectivity index (χ1) is 25.4. The molecule has 6 heteroatoms. The third-order valence-electron chi connectivity index (χ3n) is 10.7. The lowest BCUT2D eigenvalue weighted by Gasteiger charge is -2.24. The first kappa shape index (κ1) is 50.9. The fourth-order valence-corrected chi connectivity index (χ4v) is 7.22. The molecule has 0 bridgehead atoms. The minimum Gasteiger partial charge on any atom is -0.462 e. The maximum absolute atomic E-state index is 13.2. The van der Waals surface area contributed by atoms with Crippen molar-refractivity contribution in [3.8, 4) is 0 Å². The second-order valence-electron chi connectivity index (χ2n) is 16.3. The molecule has 0 aliphatic heterocycles. The van der Waals surface area contributed by atoms with E-state index in [1.807, 2.05) is 0 Å². The Bertz CT molecular complexity index is 675. The van der Waals surface area contributed by atoms with Crippen LogP contribution in [0.4, 0.5) is 0 Å². The summed E-state index contributed by atoms with van der Waals surface area (Å²) >= 11 is 0. The molecule has 0 aliphatic rings. The van der Waals surface area contributed by atoms with Crippen LogP contribution >= 0.6 is 0 Å². The van der Waals surface area contributed by atoms with E-state index in [1.165, 1.54) is 128 Å². The van der Waals surface area contributed by atoms with Crippen LogP contribution in [0.5, 0.6) is 0 Å². The zero-order valence-electron chi connectivity index (χ0n) is 36.1. The van der Waals surface area contributed by atoms with E-state index in [-0.39, 0.29) is 24.1 Å². The fraction of sp³-hybridized carbons (Fsp3) is 0.957. The Morgan fingerprint density at radius 3 is 0.981 bits per heavy atom. The number of hydrogen-bond acceptors (Lipinski definition) is 6. The van der Waals surface area contributed by atoms with Gasteiger partial charge in [0.15, 0.2) is 0 Å². The van der Waals surface area contributed by atoms with Gasteiger partial charge in [0.1, 0.15) is 12.2 Å². The van der Waals surface area contributed by atoms with Gasteiger partial charge in [-0.2, -0.15) is 0 Å². The lowest BCUT2D eigenvalue weighted by Crippen LogP contribution is -2.32. The van der Waals surface area contributed by atoms with E-state index in [0.29, 0.717) is 25.9 Å². The predicted octanol–water partition coefficient (Wildman–Crippen LogP) is 13.2. The number of carbonyl (C=O) groups excluding carboxylic acids is 2. The SMILES string of the molecule is CCCCCCCCC(CCCCCCCC)OC(=O)CCN(CCCCN(C)C)CCC(=O)OC(CCCCCCCC)CCCCCCCC. The highest BCUT2D eigenvalue weighted by molar-refractivity contribution is 5.70. The summed E-state index contributed by atoms with van der Waals surface area (Å²) in [5, 5.41) is 0. The maximum atomic E-state index is 13.2. The van der Waals surface area contributed by atoms with Gasteiger partial charge < -0.3 is 19.3 Å². The van der Waals surface area contributed by atoms with Crippen molar-refractivity contribution >= 4 is 11.9 Å². The van der Waals surface area contributed by atoms with Crippen LogP contribution in [-0.2, 0) is 19.1 Å². The molecular weight excluding hydrogens is 645 g/mol. The largest absolute Gasteiger partial charge is 0.462 e. The Morgan fingerprint density at radius 2 is 0.673 bits per heavy atom. The van der Waals surface area contributed by atoms with Crippen molar-refractivity contribution in [2.45, 2.75) is 245 Å². The number of rotatable bonds is 41. The molecule has 0 rings (SSSR count). The van der Waals surface area contributed by atoms with E-state index in [1.54, 1.807) is 0 Å². The van der Waals surface area contributed by atoms with Gasteiger partial charge in [0, 0.05) is 13.1 Å². The Kier molecular flexibility index (Phi) is 38.7. The average molecular weight is 737 g/mol. The van der Waals surface area contributed by atoms with Crippen molar-refractivity contribution in [1.29, 1.82) is 0 Å². The van der Waals surface area contributed by atoms with Crippen LogP contribution in [0.1, 0.15) is 233 Å². The zero-order valence-corrected chi connectivity index (χ0v) is 36.1. The lowest BCUT2D eigenvalue weighted by molar-refractivity contribution is -0.150. The first-order valence-corrected chi connectivity index (χ1v) is 23.1. The highest BCUT2D eigenvalue weighted by Gasteiger charge is 2.19. The Hall–Kier alpha value is -1.14. The lowest BCUT2D eigenvalue weighted by atomic mass is 10.0. The van der Waals surface area contributed by atoms with Crippen LogP contribution in [0, 0.1) is 0 Å². The molecule has 0 N–H and O–H groups in total. The van der Waals surface area contributed by atoms with Gasteiger partial charge in [0.05, 0.1) is 12.8 Å². The summed E-state index contributed by atoms with van der Waals surface area (Å²) in [5.41, 5.74) is 0. The van der Waals surface area contributed by atoms with E-state index < -0.39 is 0 Å². The summed E-state index contributed by atoms with van der Waals surface area (Å²) in [6.45, 7) is 12.3. The third kappa shape index (κ3) is 35.9. The molecular formula is C46H92N2O4. The Balaban J connectivity index is 5.10. The molecule has 0 unspecified atom stereocenters. The fourth-order valence-electron chi connectivity index (χ4n) is 7.22. The third-order valence-corrected chi connectivity index (χ3v) is 10.7. The maximum Gasteiger partial charge on any atom is 0.307 e. The predicted molar refractivity (Wildman–Crippen MR) is 225 cm³/mol. The van der Waals surface area contributed by atoms with Crippen LogP contribution in [0.25, 0.3) is 0 Å². The normalized spacial score (nSPS) is 11.8. The number of unbranched alkanes of at least 4 members (excludes halogenated alkanes) is 21. The second kappa shape index (κ2) is 39.6. The van der Waals surface area contributed by atoms with Gasteiger partial charge in [0.2, 0.25) is 0 Å². The van der Waals surface area contributed by atoms with E-state index in [2.05, 4.69) is 51.6 Å². The molecule has 0 amide bonds. The van der Waals surface area contributed by atoms with E-state index in [9.17, 15) is 9.59 Å². The number of nitrogens with zero attached hydrogens (tertiary/aromatic N) is 2. The number of esters is 2. The van der Waals surface area contributed by atoms with Crippen molar-refractivity contribution in [1.82, 2.24) is 9.80 Å². The van der Waals surface area contributed by atoms with E-state index >= 15 is 0 Å². The summed E-state index contributed by atoms with van der Waals surface area (Å²) in [7, 11) is 4.23. The van der Waals surface area contributed by atoms with Gasteiger partial charge in [-0.1, -0.05) is 156 Å².